The van der Waals surface area contributed by atoms with Gasteiger partial charge in [-0.05, 0) is 31.0 Å². The highest BCUT2D eigenvalue weighted by Gasteiger charge is 2.23. The number of ether oxygens (including phenoxy) is 1. The van der Waals surface area contributed by atoms with E-state index in [9.17, 15) is 9.59 Å². The van der Waals surface area contributed by atoms with Crippen LogP contribution in [0.5, 0.6) is 5.75 Å². The van der Waals surface area contributed by atoms with Gasteiger partial charge in [-0.1, -0.05) is 13.0 Å². The molecule has 2 N–H and O–H groups in total. The van der Waals surface area contributed by atoms with E-state index in [4.69, 9.17) is 4.74 Å². The van der Waals surface area contributed by atoms with Crippen molar-refractivity contribution in [1.82, 2.24) is 5.32 Å². The molecule has 1 aromatic rings. The van der Waals surface area contributed by atoms with Crippen molar-refractivity contribution in [2.24, 2.45) is 0 Å². The second-order valence-corrected chi connectivity index (χ2v) is 4.53. The largest absolute Gasteiger partial charge is 0.479 e. The van der Waals surface area contributed by atoms with Gasteiger partial charge in [0.1, 0.15) is 5.75 Å². The smallest absolute Gasteiger partial charge is 0.265 e. The fourth-order valence-corrected chi connectivity index (χ4v) is 1.88. The first-order valence-corrected chi connectivity index (χ1v) is 6.47. The third-order valence-corrected chi connectivity index (χ3v) is 3.03. The second-order valence-electron chi connectivity index (χ2n) is 4.53. The second kappa shape index (κ2) is 5.73. The van der Waals surface area contributed by atoms with Crippen LogP contribution in [0.15, 0.2) is 18.2 Å². The molecule has 5 heteroatoms. The molecule has 0 spiro atoms. The number of benzene rings is 1. The van der Waals surface area contributed by atoms with Gasteiger partial charge in [0.15, 0.2) is 6.10 Å². The van der Waals surface area contributed by atoms with Crippen LogP contribution in [0.25, 0.3) is 0 Å². The first kappa shape index (κ1) is 13.4. The minimum Gasteiger partial charge on any atom is -0.479 e. The molecule has 1 aliphatic rings. The van der Waals surface area contributed by atoms with Gasteiger partial charge in [-0.25, -0.2) is 0 Å². The van der Waals surface area contributed by atoms with Crippen molar-refractivity contribution in [3.05, 3.63) is 23.8 Å². The maximum Gasteiger partial charge on any atom is 0.265 e. The van der Waals surface area contributed by atoms with Crippen LogP contribution in [0.3, 0.4) is 0 Å². The van der Waals surface area contributed by atoms with Crippen molar-refractivity contribution in [3.63, 3.8) is 0 Å². The molecule has 0 bridgehead atoms. The summed E-state index contributed by atoms with van der Waals surface area (Å²) in [5, 5.41) is 5.63. The van der Waals surface area contributed by atoms with E-state index in [1.807, 2.05) is 25.1 Å². The highest BCUT2D eigenvalue weighted by Crippen LogP contribution is 2.30. The molecule has 1 atom stereocenters. The number of carbonyl (C=O) groups excluding carboxylic acids is 2. The molecule has 1 unspecified atom stereocenters. The lowest BCUT2D eigenvalue weighted by Gasteiger charge is -2.23. The quantitative estimate of drug-likeness (QED) is 0.863. The number of amides is 2. The van der Waals surface area contributed by atoms with E-state index in [1.165, 1.54) is 0 Å². The number of hydrogen-bond donors (Lipinski definition) is 2. The molecule has 0 saturated carbocycles. The fourth-order valence-electron chi connectivity index (χ4n) is 1.88. The molecule has 1 heterocycles. The van der Waals surface area contributed by atoms with E-state index in [2.05, 4.69) is 10.6 Å². The zero-order valence-electron chi connectivity index (χ0n) is 11.2. The molecule has 0 aromatic heterocycles. The van der Waals surface area contributed by atoms with Gasteiger partial charge in [-0.2, -0.15) is 0 Å². The molecule has 0 aliphatic carbocycles. The van der Waals surface area contributed by atoms with E-state index in [0.29, 0.717) is 24.4 Å². The Labute approximate surface area is 112 Å². The molecule has 0 radical (unpaired) electrons. The van der Waals surface area contributed by atoms with Crippen molar-refractivity contribution in [2.45, 2.75) is 32.8 Å². The van der Waals surface area contributed by atoms with Crippen molar-refractivity contribution in [2.75, 3.05) is 11.9 Å². The first-order chi connectivity index (χ1) is 9.10. The van der Waals surface area contributed by atoms with Gasteiger partial charge < -0.3 is 15.4 Å². The summed E-state index contributed by atoms with van der Waals surface area (Å²) < 4.78 is 5.48. The third-order valence-electron chi connectivity index (χ3n) is 3.03. The molecule has 1 aromatic carbocycles. The van der Waals surface area contributed by atoms with E-state index in [-0.39, 0.29) is 11.8 Å². The molecule has 5 nitrogen and oxygen atoms in total. The van der Waals surface area contributed by atoms with Gasteiger partial charge in [0, 0.05) is 13.0 Å². The van der Waals surface area contributed by atoms with Crippen LogP contribution < -0.4 is 15.4 Å². The van der Waals surface area contributed by atoms with Crippen molar-refractivity contribution in [3.8, 4) is 5.75 Å². The minimum absolute atomic E-state index is 0.0448. The Bertz CT molecular complexity index is 499. The monoisotopic (exact) mass is 262 g/mol. The summed E-state index contributed by atoms with van der Waals surface area (Å²) in [5.74, 6) is 0.598. The molecule has 102 valence electrons. The summed E-state index contributed by atoms with van der Waals surface area (Å²) in [6.45, 7) is 4.13. The molecular formula is C14H18N2O3. The lowest BCUT2D eigenvalue weighted by Crippen LogP contribution is -2.34. The minimum atomic E-state index is -0.456. The Balaban J connectivity index is 1.99. The van der Waals surface area contributed by atoms with Crippen molar-refractivity contribution >= 4 is 17.5 Å². The topological polar surface area (TPSA) is 67.4 Å². The van der Waals surface area contributed by atoms with E-state index in [1.54, 1.807) is 6.92 Å². The van der Waals surface area contributed by atoms with Gasteiger partial charge in [0.25, 0.3) is 5.91 Å². The van der Waals surface area contributed by atoms with Crippen LogP contribution in [0.2, 0.25) is 0 Å². The number of anilines is 1. The predicted molar refractivity (Wildman–Crippen MR) is 72.2 cm³/mol. The molecule has 0 fully saturated rings. The summed E-state index contributed by atoms with van der Waals surface area (Å²) in [6.07, 6.45) is 0.762. The molecule has 1 aliphatic heterocycles. The van der Waals surface area contributed by atoms with Crippen LogP contribution in [-0.4, -0.2) is 24.5 Å². The van der Waals surface area contributed by atoms with Crippen LogP contribution in [0.4, 0.5) is 5.69 Å². The average Bonchev–Trinajstić information content (AvgIpc) is 2.40. The van der Waals surface area contributed by atoms with Crippen LogP contribution in [0, 0.1) is 0 Å². The van der Waals surface area contributed by atoms with Gasteiger partial charge in [0.2, 0.25) is 5.91 Å². The average molecular weight is 262 g/mol. The SMILES string of the molecule is CCC(=O)NCCc1ccc2c(c1)NC(=O)C(C)O2. The zero-order valence-corrected chi connectivity index (χ0v) is 11.2. The van der Waals surface area contributed by atoms with E-state index < -0.39 is 6.10 Å². The lowest BCUT2D eigenvalue weighted by molar-refractivity contribution is -0.123. The Morgan fingerprint density at radius 3 is 3.00 bits per heavy atom. The number of hydrogen-bond acceptors (Lipinski definition) is 3. The fraction of sp³-hybridized carbons (Fsp3) is 0.429. The lowest BCUT2D eigenvalue weighted by atomic mass is 10.1. The van der Waals surface area contributed by atoms with Gasteiger partial charge in [-0.3, -0.25) is 9.59 Å². The van der Waals surface area contributed by atoms with Gasteiger partial charge >= 0.3 is 0 Å². The molecule has 0 saturated heterocycles. The number of rotatable bonds is 4. The van der Waals surface area contributed by atoms with Gasteiger partial charge in [-0.15, -0.1) is 0 Å². The highest BCUT2D eigenvalue weighted by atomic mass is 16.5. The number of nitrogens with one attached hydrogen (secondary N) is 2. The predicted octanol–water partition coefficient (Wildman–Crippen LogP) is 1.47. The Morgan fingerprint density at radius 2 is 2.26 bits per heavy atom. The molecule has 2 amide bonds. The maximum absolute atomic E-state index is 11.5. The van der Waals surface area contributed by atoms with E-state index >= 15 is 0 Å². The Morgan fingerprint density at radius 1 is 1.47 bits per heavy atom. The first-order valence-electron chi connectivity index (χ1n) is 6.47. The summed E-state index contributed by atoms with van der Waals surface area (Å²) in [7, 11) is 0. The zero-order chi connectivity index (χ0) is 13.8. The van der Waals surface area contributed by atoms with Crippen molar-refractivity contribution < 1.29 is 14.3 Å². The summed E-state index contributed by atoms with van der Waals surface area (Å²) in [5.41, 5.74) is 1.75. The standard InChI is InChI=1S/C14H18N2O3/c1-3-13(17)15-7-6-10-4-5-12-11(8-10)16-14(18)9(2)19-12/h4-5,8-9H,3,6-7H2,1-2H3,(H,15,17)(H,16,18). The van der Waals surface area contributed by atoms with Crippen LogP contribution in [0.1, 0.15) is 25.8 Å². The molecule has 2 rings (SSSR count). The van der Waals surface area contributed by atoms with Crippen LogP contribution >= 0.6 is 0 Å². The summed E-state index contributed by atoms with van der Waals surface area (Å²) >= 11 is 0. The summed E-state index contributed by atoms with van der Waals surface area (Å²) in [4.78, 5) is 22.6. The Hall–Kier alpha value is -2.04. The van der Waals surface area contributed by atoms with Crippen molar-refractivity contribution in [1.29, 1.82) is 0 Å². The molecule has 19 heavy (non-hydrogen) atoms. The van der Waals surface area contributed by atoms with Crippen LogP contribution in [-0.2, 0) is 16.0 Å². The Kier molecular flexibility index (Phi) is 4.04. The summed E-state index contributed by atoms with van der Waals surface area (Å²) in [6, 6.07) is 5.68. The molecular weight excluding hydrogens is 244 g/mol. The van der Waals surface area contributed by atoms with Gasteiger partial charge in [0.05, 0.1) is 5.69 Å². The number of fused-ring (bicyclic) bond motifs is 1. The normalized spacial score (nSPS) is 17.2. The highest BCUT2D eigenvalue weighted by molar-refractivity contribution is 5.97. The maximum atomic E-state index is 11.5. The number of carbonyl (C=O) groups is 2. The van der Waals surface area contributed by atoms with E-state index in [0.717, 1.165) is 12.0 Å². The third kappa shape index (κ3) is 3.24.